The molecule has 0 saturated carbocycles. The van der Waals surface area contributed by atoms with Crippen LogP contribution in [0.1, 0.15) is 24.5 Å². The number of rotatable bonds is 8. The second kappa shape index (κ2) is 10.3. The van der Waals surface area contributed by atoms with Crippen molar-refractivity contribution >= 4 is 11.8 Å². The van der Waals surface area contributed by atoms with E-state index < -0.39 is 0 Å². The van der Waals surface area contributed by atoms with E-state index in [2.05, 4.69) is 36.5 Å². The van der Waals surface area contributed by atoms with Crippen molar-refractivity contribution in [1.82, 2.24) is 10.2 Å². The molecule has 0 unspecified atom stereocenters. The summed E-state index contributed by atoms with van der Waals surface area (Å²) >= 11 is 0. The Bertz CT molecular complexity index is 597. The van der Waals surface area contributed by atoms with Crippen LogP contribution < -0.4 is 15.1 Å². The van der Waals surface area contributed by atoms with E-state index in [9.17, 15) is 9.59 Å². The van der Waals surface area contributed by atoms with Gasteiger partial charge in [-0.1, -0.05) is 31.2 Å². The van der Waals surface area contributed by atoms with E-state index in [0.717, 1.165) is 39.1 Å². The van der Waals surface area contributed by atoms with Crippen LogP contribution in [-0.4, -0.2) is 69.6 Å². The first-order chi connectivity index (χ1) is 12.5. The quantitative estimate of drug-likeness (QED) is 0.514. The number of quaternary nitrogens is 2. The summed E-state index contributed by atoms with van der Waals surface area (Å²) in [5.74, 6) is -0.0285. The van der Waals surface area contributed by atoms with Crippen LogP contribution in [0.3, 0.4) is 0 Å². The first-order valence-electron chi connectivity index (χ1n) is 9.72. The van der Waals surface area contributed by atoms with E-state index in [1.54, 1.807) is 16.8 Å². The fourth-order valence-electron chi connectivity index (χ4n) is 3.36. The third-order valence-corrected chi connectivity index (χ3v) is 5.15. The van der Waals surface area contributed by atoms with Gasteiger partial charge >= 0.3 is 0 Å². The number of hydrogen-bond acceptors (Lipinski definition) is 2. The standard InChI is InChI=1S/C20H32N4O2/c1-4-9-21-19(25)15-22(3)20(26)16-24-12-10-23(11-13-24)14-18-8-6-5-7-17(18)2/h5-8H,4,9-16H2,1-3H3,(H,21,25)/p+2. The van der Waals surface area contributed by atoms with Gasteiger partial charge in [-0.15, -0.1) is 0 Å². The Labute approximate surface area is 157 Å². The Balaban J connectivity index is 1.71. The number of carbonyl (C=O) groups excluding carboxylic acids is 2. The number of nitrogens with one attached hydrogen (secondary N) is 3. The summed E-state index contributed by atoms with van der Waals surface area (Å²) in [6.45, 7) is 10.7. The maximum absolute atomic E-state index is 12.4. The van der Waals surface area contributed by atoms with Crippen molar-refractivity contribution in [2.24, 2.45) is 0 Å². The van der Waals surface area contributed by atoms with Crippen molar-refractivity contribution in [3.63, 3.8) is 0 Å². The van der Waals surface area contributed by atoms with Crippen molar-refractivity contribution in [2.45, 2.75) is 26.8 Å². The first kappa shape index (κ1) is 20.4. The molecular formula is C20H34N4O2+2. The second-order valence-corrected chi connectivity index (χ2v) is 7.38. The molecule has 0 radical (unpaired) electrons. The Hall–Kier alpha value is -1.92. The summed E-state index contributed by atoms with van der Waals surface area (Å²) in [5.41, 5.74) is 2.77. The molecule has 0 aliphatic carbocycles. The largest absolute Gasteiger partial charge is 0.355 e. The fraction of sp³-hybridized carbons (Fsp3) is 0.600. The number of aryl methyl sites for hydroxylation is 1. The fourth-order valence-corrected chi connectivity index (χ4v) is 3.36. The van der Waals surface area contributed by atoms with Crippen molar-refractivity contribution < 1.29 is 19.4 Å². The van der Waals surface area contributed by atoms with Crippen molar-refractivity contribution in [3.05, 3.63) is 35.4 Å². The Kier molecular flexibility index (Phi) is 8.06. The van der Waals surface area contributed by atoms with Crippen molar-refractivity contribution in [3.8, 4) is 0 Å². The van der Waals surface area contributed by atoms with Gasteiger partial charge in [-0.3, -0.25) is 9.59 Å². The summed E-state index contributed by atoms with van der Waals surface area (Å²) in [4.78, 5) is 28.5. The van der Waals surface area contributed by atoms with Crippen LogP contribution in [0.4, 0.5) is 0 Å². The lowest BCUT2D eigenvalue weighted by Gasteiger charge is -2.30. The lowest BCUT2D eigenvalue weighted by atomic mass is 10.1. The number of carbonyl (C=O) groups is 2. The first-order valence-corrected chi connectivity index (χ1v) is 9.72. The number of hydrogen-bond donors (Lipinski definition) is 3. The highest BCUT2D eigenvalue weighted by molar-refractivity contribution is 5.84. The Morgan fingerprint density at radius 2 is 1.77 bits per heavy atom. The molecule has 0 atom stereocenters. The molecule has 144 valence electrons. The highest BCUT2D eigenvalue weighted by Crippen LogP contribution is 2.04. The number of piperazine rings is 1. The van der Waals surface area contributed by atoms with Gasteiger partial charge in [-0.25, -0.2) is 0 Å². The molecule has 2 rings (SSSR count). The lowest BCUT2D eigenvalue weighted by molar-refractivity contribution is -1.02. The number of nitrogens with zero attached hydrogens (tertiary/aromatic N) is 1. The topological polar surface area (TPSA) is 58.3 Å². The van der Waals surface area contributed by atoms with Gasteiger partial charge in [0.1, 0.15) is 32.7 Å². The minimum Gasteiger partial charge on any atom is -0.355 e. The number of amides is 2. The van der Waals surface area contributed by atoms with E-state index in [4.69, 9.17) is 0 Å². The van der Waals surface area contributed by atoms with Crippen LogP contribution in [-0.2, 0) is 16.1 Å². The molecule has 2 amide bonds. The monoisotopic (exact) mass is 362 g/mol. The molecular weight excluding hydrogens is 328 g/mol. The molecule has 1 fully saturated rings. The highest BCUT2D eigenvalue weighted by atomic mass is 16.2. The molecule has 1 aromatic carbocycles. The molecule has 26 heavy (non-hydrogen) atoms. The summed E-state index contributed by atoms with van der Waals surface area (Å²) < 4.78 is 0. The summed E-state index contributed by atoms with van der Waals surface area (Å²) in [6.07, 6.45) is 0.905. The maximum atomic E-state index is 12.4. The van der Waals surface area contributed by atoms with Gasteiger partial charge in [0.2, 0.25) is 5.91 Å². The zero-order chi connectivity index (χ0) is 18.9. The van der Waals surface area contributed by atoms with E-state index in [0.29, 0.717) is 13.1 Å². The third kappa shape index (κ3) is 6.42. The minimum absolute atomic E-state index is 0.0500. The van der Waals surface area contributed by atoms with E-state index in [-0.39, 0.29) is 18.4 Å². The molecule has 3 N–H and O–H groups in total. The van der Waals surface area contributed by atoms with Gasteiger partial charge in [0, 0.05) is 19.2 Å². The molecule has 0 bridgehead atoms. The van der Waals surface area contributed by atoms with Crippen LogP contribution in [0.25, 0.3) is 0 Å². The third-order valence-electron chi connectivity index (χ3n) is 5.15. The van der Waals surface area contributed by atoms with Gasteiger partial charge in [0.05, 0.1) is 6.54 Å². The maximum Gasteiger partial charge on any atom is 0.277 e. The average molecular weight is 363 g/mol. The molecule has 6 heteroatoms. The molecule has 6 nitrogen and oxygen atoms in total. The van der Waals surface area contributed by atoms with E-state index >= 15 is 0 Å². The summed E-state index contributed by atoms with van der Waals surface area (Å²) in [6, 6.07) is 8.57. The SMILES string of the molecule is CCCNC(=O)CN(C)C(=O)C[NH+]1CC[NH+](Cc2ccccc2C)CC1. The van der Waals surface area contributed by atoms with Crippen molar-refractivity contribution in [1.29, 1.82) is 0 Å². The summed E-state index contributed by atoms with van der Waals surface area (Å²) in [5, 5.41) is 2.81. The smallest absolute Gasteiger partial charge is 0.277 e. The van der Waals surface area contributed by atoms with Crippen LogP contribution in [0, 0.1) is 6.92 Å². The van der Waals surface area contributed by atoms with Crippen LogP contribution in [0.5, 0.6) is 0 Å². The van der Waals surface area contributed by atoms with Gasteiger partial charge in [0.25, 0.3) is 5.91 Å². The van der Waals surface area contributed by atoms with E-state index in [1.165, 1.54) is 16.0 Å². The Morgan fingerprint density at radius 3 is 2.42 bits per heavy atom. The van der Waals surface area contributed by atoms with Crippen molar-refractivity contribution in [2.75, 3.05) is 52.9 Å². The van der Waals surface area contributed by atoms with Crippen LogP contribution >= 0.6 is 0 Å². The van der Waals surface area contributed by atoms with Crippen LogP contribution in [0.15, 0.2) is 24.3 Å². The molecule has 1 aliphatic rings. The highest BCUT2D eigenvalue weighted by Gasteiger charge is 2.26. The van der Waals surface area contributed by atoms with Gasteiger partial charge in [0.15, 0.2) is 6.54 Å². The molecule has 0 spiro atoms. The Morgan fingerprint density at radius 1 is 1.12 bits per heavy atom. The molecule has 1 saturated heterocycles. The van der Waals surface area contributed by atoms with Crippen LogP contribution in [0.2, 0.25) is 0 Å². The lowest BCUT2D eigenvalue weighted by Crippen LogP contribution is -3.28. The molecule has 1 heterocycles. The average Bonchev–Trinajstić information content (AvgIpc) is 2.63. The van der Waals surface area contributed by atoms with Gasteiger partial charge in [-0.05, 0) is 18.9 Å². The zero-order valence-corrected chi connectivity index (χ0v) is 16.4. The molecule has 1 aliphatic heterocycles. The minimum atomic E-state index is -0.0785. The number of likely N-dealkylation sites (N-methyl/N-ethyl adjacent to an activating group) is 1. The zero-order valence-electron chi connectivity index (χ0n) is 16.4. The second-order valence-electron chi connectivity index (χ2n) is 7.38. The predicted octanol–water partition coefficient (Wildman–Crippen LogP) is -1.74. The van der Waals surface area contributed by atoms with Gasteiger partial charge in [-0.2, -0.15) is 0 Å². The normalized spacial score (nSPS) is 19.8. The predicted molar refractivity (Wildman–Crippen MR) is 102 cm³/mol. The molecule has 1 aromatic rings. The summed E-state index contributed by atoms with van der Waals surface area (Å²) in [7, 11) is 1.72. The number of benzene rings is 1. The van der Waals surface area contributed by atoms with E-state index in [1.807, 2.05) is 6.92 Å². The molecule has 0 aromatic heterocycles. The van der Waals surface area contributed by atoms with Gasteiger partial charge < -0.3 is 20.0 Å².